The van der Waals surface area contributed by atoms with Crippen LogP contribution in [-0.4, -0.2) is 95.3 Å². The van der Waals surface area contributed by atoms with Crippen molar-refractivity contribution < 1.29 is 29.7 Å². The molecule has 198 valence electrons. The van der Waals surface area contributed by atoms with Crippen LogP contribution in [0.1, 0.15) is 23.7 Å². The number of rotatable bonds is 9. The summed E-state index contributed by atoms with van der Waals surface area (Å²) >= 11 is 1.78. The molecule has 1 saturated heterocycles. The van der Waals surface area contributed by atoms with Gasteiger partial charge in [-0.1, -0.05) is 30.0 Å². The highest BCUT2D eigenvalue weighted by Crippen LogP contribution is 2.48. The van der Waals surface area contributed by atoms with E-state index in [9.17, 15) is 14.4 Å². The third-order valence-corrected chi connectivity index (χ3v) is 7.27. The molecule has 37 heavy (non-hydrogen) atoms. The van der Waals surface area contributed by atoms with Crippen LogP contribution in [0.25, 0.3) is 0 Å². The van der Waals surface area contributed by atoms with Crippen molar-refractivity contribution in [3.63, 3.8) is 0 Å². The number of anilines is 2. The monoisotopic (exact) mass is 527 g/mol. The maximum Gasteiger partial charge on any atom is 0.328 e. The maximum atomic E-state index is 11.9. The van der Waals surface area contributed by atoms with Crippen LogP contribution < -0.4 is 4.90 Å². The highest BCUT2D eigenvalue weighted by Gasteiger charge is 2.24. The lowest BCUT2D eigenvalue weighted by atomic mass is 10.1. The number of hydrogen-bond donors (Lipinski definition) is 3. The second-order valence-corrected chi connectivity index (χ2v) is 9.81. The van der Waals surface area contributed by atoms with Gasteiger partial charge in [0.1, 0.15) is 0 Å². The molecule has 0 bridgehead atoms. The number of aliphatic hydroxyl groups is 1. The standard InChI is InChI=1S/C23H29N3O2S.C4H4O4/c1-18(28)19-7-8-23-21(17-19)26(20-5-2-3-6-22(20)29-23)10-4-9-24-11-13-25(14-12-24)15-16-27;5-3(6)1-2-4(7)8/h2-3,5-8,17,27H,4,9-16H2,1H3;1-2H,(H,5,6)(H,7,8). The molecule has 0 amide bonds. The van der Waals surface area contributed by atoms with Gasteiger partial charge in [-0.3, -0.25) is 9.69 Å². The molecule has 0 aliphatic carbocycles. The Morgan fingerprint density at radius 3 is 2.03 bits per heavy atom. The number of hydrogen-bond acceptors (Lipinski definition) is 8. The molecule has 0 atom stereocenters. The largest absolute Gasteiger partial charge is 0.478 e. The number of benzene rings is 2. The predicted octanol–water partition coefficient (Wildman–Crippen LogP) is 3.20. The summed E-state index contributed by atoms with van der Waals surface area (Å²) in [5, 5.41) is 24.7. The number of ketones is 1. The van der Waals surface area contributed by atoms with Crippen LogP contribution in [0, 0.1) is 0 Å². The molecule has 2 aromatic rings. The topological polar surface area (TPSA) is 122 Å². The number of piperazine rings is 1. The second kappa shape index (κ2) is 13.9. The molecule has 9 nitrogen and oxygen atoms in total. The summed E-state index contributed by atoms with van der Waals surface area (Å²) in [6, 6.07) is 14.6. The van der Waals surface area contributed by atoms with Crippen molar-refractivity contribution in [1.29, 1.82) is 0 Å². The van der Waals surface area contributed by atoms with Crippen LogP contribution in [0.15, 0.2) is 64.4 Å². The minimum atomic E-state index is -1.26. The number of para-hydroxylation sites is 1. The minimum absolute atomic E-state index is 0.109. The first-order valence-corrected chi connectivity index (χ1v) is 13.0. The van der Waals surface area contributed by atoms with Crippen LogP contribution in [0.5, 0.6) is 0 Å². The molecular weight excluding hydrogens is 494 g/mol. The van der Waals surface area contributed by atoms with Gasteiger partial charge < -0.3 is 25.1 Å². The summed E-state index contributed by atoms with van der Waals surface area (Å²) in [7, 11) is 0. The third-order valence-electron chi connectivity index (χ3n) is 6.14. The first kappa shape index (κ1) is 28.4. The average molecular weight is 528 g/mol. The summed E-state index contributed by atoms with van der Waals surface area (Å²) in [5.74, 6) is -2.41. The van der Waals surface area contributed by atoms with Crippen LogP contribution in [-0.2, 0) is 9.59 Å². The lowest BCUT2D eigenvalue weighted by molar-refractivity contribution is -0.134. The number of carboxylic acids is 2. The Labute approximate surface area is 221 Å². The van der Waals surface area contributed by atoms with Gasteiger partial charge in [0.15, 0.2) is 5.78 Å². The number of nitrogens with zero attached hydrogens (tertiary/aromatic N) is 3. The van der Waals surface area contributed by atoms with Crippen molar-refractivity contribution in [1.82, 2.24) is 9.80 Å². The van der Waals surface area contributed by atoms with E-state index in [-0.39, 0.29) is 12.4 Å². The second-order valence-electron chi connectivity index (χ2n) is 8.73. The molecule has 2 aromatic carbocycles. The first-order chi connectivity index (χ1) is 17.8. The Balaban J connectivity index is 0.000000414. The van der Waals surface area contributed by atoms with Crippen molar-refractivity contribution in [2.75, 3.05) is 57.3 Å². The Morgan fingerprint density at radius 1 is 0.838 bits per heavy atom. The number of carboxylic acid groups (broad SMARTS) is 2. The molecule has 1 fully saturated rings. The van der Waals surface area contributed by atoms with Gasteiger partial charge in [0.05, 0.1) is 18.0 Å². The number of carbonyl (C=O) groups excluding carboxylic acids is 1. The molecule has 4 rings (SSSR count). The van der Waals surface area contributed by atoms with Crippen LogP contribution in [0.2, 0.25) is 0 Å². The van der Waals surface area contributed by atoms with Crippen molar-refractivity contribution >= 4 is 40.9 Å². The van der Waals surface area contributed by atoms with Gasteiger partial charge in [-0.05, 0) is 44.2 Å². The summed E-state index contributed by atoms with van der Waals surface area (Å²) in [6.07, 6.45) is 2.19. The molecule has 0 spiro atoms. The van der Waals surface area contributed by atoms with Crippen LogP contribution in [0.3, 0.4) is 0 Å². The van der Waals surface area contributed by atoms with E-state index in [1.807, 2.05) is 12.1 Å². The lowest BCUT2D eigenvalue weighted by Gasteiger charge is -2.36. The summed E-state index contributed by atoms with van der Waals surface area (Å²) in [4.78, 5) is 40.7. The fourth-order valence-electron chi connectivity index (χ4n) is 4.26. The van der Waals surface area contributed by atoms with Gasteiger partial charge in [0, 0.05) is 66.8 Å². The Bertz CT molecular complexity index is 1110. The first-order valence-electron chi connectivity index (χ1n) is 12.2. The average Bonchev–Trinajstić information content (AvgIpc) is 2.88. The van der Waals surface area contributed by atoms with E-state index in [2.05, 4.69) is 45.0 Å². The van der Waals surface area contributed by atoms with E-state index < -0.39 is 11.9 Å². The van der Waals surface area contributed by atoms with E-state index in [4.69, 9.17) is 15.3 Å². The number of aliphatic carboxylic acids is 2. The van der Waals surface area contributed by atoms with E-state index in [1.54, 1.807) is 18.7 Å². The quantitative estimate of drug-likeness (QED) is 0.331. The molecule has 0 aromatic heterocycles. The van der Waals surface area contributed by atoms with Gasteiger partial charge in [-0.15, -0.1) is 0 Å². The minimum Gasteiger partial charge on any atom is -0.478 e. The Hall–Kier alpha value is -3.18. The van der Waals surface area contributed by atoms with Crippen molar-refractivity contribution in [3.8, 4) is 0 Å². The Kier molecular flexibility index (Phi) is 10.7. The zero-order valence-corrected chi connectivity index (χ0v) is 21.7. The fraction of sp³-hybridized carbons (Fsp3) is 0.370. The van der Waals surface area contributed by atoms with E-state index in [1.165, 1.54) is 15.5 Å². The highest BCUT2D eigenvalue weighted by molar-refractivity contribution is 7.99. The number of β-amino-alcohol motifs (C(OH)–C–C–N with tert-alkyl or cyclic N) is 1. The molecule has 2 aliphatic heterocycles. The van der Waals surface area contributed by atoms with Gasteiger partial charge in [0.25, 0.3) is 0 Å². The lowest BCUT2D eigenvalue weighted by Crippen LogP contribution is -2.47. The van der Waals surface area contributed by atoms with E-state index in [0.29, 0.717) is 12.2 Å². The summed E-state index contributed by atoms with van der Waals surface area (Å²) < 4.78 is 0. The number of carbonyl (C=O) groups is 3. The fourth-order valence-corrected chi connectivity index (χ4v) is 5.34. The highest BCUT2D eigenvalue weighted by atomic mass is 32.2. The zero-order valence-electron chi connectivity index (χ0n) is 20.9. The number of Topliss-reactive ketones (excluding diaryl/α,β-unsaturated/α-hetero) is 1. The predicted molar refractivity (Wildman–Crippen MR) is 143 cm³/mol. The van der Waals surface area contributed by atoms with E-state index >= 15 is 0 Å². The van der Waals surface area contributed by atoms with Gasteiger partial charge in [-0.2, -0.15) is 0 Å². The van der Waals surface area contributed by atoms with E-state index in [0.717, 1.165) is 63.5 Å². The zero-order chi connectivity index (χ0) is 26.8. The van der Waals surface area contributed by atoms with Crippen molar-refractivity contribution in [2.24, 2.45) is 0 Å². The smallest absolute Gasteiger partial charge is 0.328 e. The summed E-state index contributed by atoms with van der Waals surface area (Å²) in [6.45, 7) is 8.87. The van der Waals surface area contributed by atoms with Gasteiger partial charge >= 0.3 is 11.9 Å². The van der Waals surface area contributed by atoms with Crippen LogP contribution in [0.4, 0.5) is 11.4 Å². The molecule has 10 heteroatoms. The molecule has 0 unspecified atom stereocenters. The normalized spacial score (nSPS) is 15.5. The van der Waals surface area contributed by atoms with Crippen molar-refractivity contribution in [2.45, 2.75) is 23.1 Å². The molecule has 2 aliphatic rings. The van der Waals surface area contributed by atoms with Gasteiger partial charge in [0.2, 0.25) is 0 Å². The SMILES string of the molecule is CC(=O)c1ccc2c(c1)N(CCCN1CCN(CCO)CC1)c1ccccc1S2.O=C(O)C=CC(=O)O. The Morgan fingerprint density at radius 2 is 1.43 bits per heavy atom. The molecule has 2 heterocycles. The van der Waals surface area contributed by atoms with Crippen molar-refractivity contribution in [3.05, 3.63) is 60.2 Å². The molecule has 3 N–H and O–H groups in total. The number of aliphatic hydroxyl groups excluding tert-OH is 1. The molecular formula is C27H33N3O6S. The number of fused-ring (bicyclic) bond motifs is 2. The maximum absolute atomic E-state index is 11.9. The third kappa shape index (κ3) is 8.43. The summed E-state index contributed by atoms with van der Waals surface area (Å²) in [5.41, 5.74) is 3.15. The molecule has 0 saturated carbocycles. The molecule has 0 radical (unpaired) electrons. The van der Waals surface area contributed by atoms with Gasteiger partial charge in [-0.25, -0.2) is 9.59 Å². The van der Waals surface area contributed by atoms with Crippen LogP contribution >= 0.6 is 11.8 Å².